The molecule has 0 saturated heterocycles. The summed E-state index contributed by atoms with van der Waals surface area (Å²) in [5.41, 5.74) is 0.235. The third kappa shape index (κ3) is 5.76. The van der Waals surface area contributed by atoms with E-state index in [1.165, 1.54) is 19.1 Å². The Balaban J connectivity index is 2.09. The monoisotopic (exact) mass is 441 g/mol. The first-order valence-corrected chi connectivity index (χ1v) is 8.43. The molecule has 0 aliphatic carbocycles. The van der Waals surface area contributed by atoms with Gasteiger partial charge in [-0.15, -0.1) is 11.3 Å². The Morgan fingerprint density at radius 2 is 1.66 bits per heavy atom. The standard InChI is InChI=1S/C16H10F6N2O4S/c1-8(9-3-2-6-24(7-9)28-14(27)16(20,21)22)23-13(26)11-5-4-10(29-11)12(25)15(17,18)19/h2-8H,1H3/p+1. The van der Waals surface area contributed by atoms with Crippen LogP contribution >= 0.6 is 11.3 Å². The van der Waals surface area contributed by atoms with E-state index in [0.29, 0.717) is 16.1 Å². The van der Waals surface area contributed by atoms with Gasteiger partial charge in [-0.2, -0.15) is 31.2 Å². The first-order valence-electron chi connectivity index (χ1n) is 7.62. The van der Waals surface area contributed by atoms with Gasteiger partial charge in [0.15, 0.2) is 0 Å². The molecule has 2 aromatic heterocycles. The summed E-state index contributed by atoms with van der Waals surface area (Å²) < 4.78 is 74.5. The van der Waals surface area contributed by atoms with Crippen LogP contribution in [0.3, 0.4) is 0 Å². The number of rotatable bonds is 5. The smallest absolute Gasteiger partial charge is 0.345 e. The molecule has 1 amide bonds. The zero-order valence-electron chi connectivity index (χ0n) is 14.3. The van der Waals surface area contributed by atoms with Gasteiger partial charge in [-0.05, 0) is 25.1 Å². The molecule has 6 nitrogen and oxygen atoms in total. The number of ketones is 1. The summed E-state index contributed by atoms with van der Waals surface area (Å²) in [5, 5.41) is 2.42. The first kappa shape index (κ1) is 22.3. The molecule has 1 atom stereocenters. The van der Waals surface area contributed by atoms with Crippen molar-refractivity contribution >= 4 is 29.0 Å². The van der Waals surface area contributed by atoms with E-state index in [4.69, 9.17) is 0 Å². The highest BCUT2D eigenvalue weighted by atomic mass is 32.1. The van der Waals surface area contributed by atoms with Crippen LogP contribution in [-0.4, -0.2) is 30.0 Å². The van der Waals surface area contributed by atoms with Crippen LogP contribution < -0.4 is 14.9 Å². The molecule has 0 fully saturated rings. The minimum absolute atomic E-state index is 0.170. The van der Waals surface area contributed by atoms with E-state index in [0.717, 1.165) is 24.5 Å². The maximum absolute atomic E-state index is 12.4. The lowest BCUT2D eigenvalue weighted by Crippen LogP contribution is -2.50. The number of aromatic nitrogens is 1. The molecule has 29 heavy (non-hydrogen) atoms. The molecular weight excluding hydrogens is 430 g/mol. The third-order valence-corrected chi connectivity index (χ3v) is 4.46. The van der Waals surface area contributed by atoms with Gasteiger partial charge in [-0.25, -0.2) is 4.79 Å². The van der Waals surface area contributed by atoms with Crippen molar-refractivity contribution in [2.75, 3.05) is 0 Å². The van der Waals surface area contributed by atoms with E-state index in [1.54, 1.807) is 0 Å². The molecule has 1 N–H and O–H groups in total. The average Bonchev–Trinajstić information content (AvgIpc) is 3.09. The number of hydrogen-bond acceptors (Lipinski definition) is 5. The molecule has 2 aromatic rings. The number of thiophene rings is 1. The van der Waals surface area contributed by atoms with Crippen LogP contribution in [0.2, 0.25) is 0 Å². The van der Waals surface area contributed by atoms with Crippen molar-refractivity contribution in [3.63, 3.8) is 0 Å². The molecule has 0 spiro atoms. The summed E-state index contributed by atoms with van der Waals surface area (Å²) in [5.74, 6) is -5.33. The molecule has 2 rings (SSSR count). The molecule has 0 aromatic carbocycles. The SMILES string of the molecule is CC(NC(=O)c1ccc(C(=O)C(F)(F)F)s1)c1ccc[n+](OC(=O)C(F)(F)F)c1. The van der Waals surface area contributed by atoms with Crippen LogP contribution in [0.25, 0.3) is 0 Å². The number of carbonyl (C=O) groups excluding carboxylic acids is 3. The zero-order chi connectivity index (χ0) is 22.0. The highest BCUT2D eigenvalue weighted by molar-refractivity contribution is 7.16. The second-order valence-electron chi connectivity index (χ2n) is 5.56. The number of amides is 1. The van der Waals surface area contributed by atoms with Gasteiger partial charge in [0, 0.05) is 16.4 Å². The molecule has 2 heterocycles. The number of halogens is 6. The second kappa shape index (κ2) is 8.19. The lowest BCUT2D eigenvalue weighted by Gasteiger charge is -2.12. The Hall–Kier alpha value is -2.96. The number of Topliss-reactive ketones (excluding diaryl/α,β-unsaturated/α-hetero) is 1. The van der Waals surface area contributed by atoms with Crippen molar-refractivity contribution in [1.29, 1.82) is 0 Å². The highest BCUT2D eigenvalue weighted by Crippen LogP contribution is 2.26. The van der Waals surface area contributed by atoms with Crippen molar-refractivity contribution in [3.05, 3.63) is 52.0 Å². The maximum Gasteiger partial charge on any atom is 0.498 e. The van der Waals surface area contributed by atoms with E-state index in [-0.39, 0.29) is 10.4 Å². The fourth-order valence-corrected chi connectivity index (χ4v) is 2.87. The molecule has 156 valence electrons. The Morgan fingerprint density at radius 1 is 1.03 bits per heavy atom. The predicted octanol–water partition coefficient (Wildman–Crippen LogP) is 2.79. The second-order valence-corrected chi connectivity index (χ2v) is 6.64. The topological polar surface area (TPSA) is 76.3 Å². The number of nitrogens with zero attached hydrogens (tertiary/aromatic N) is 1. The molecule has 1 unspecified atom stereocenters. The fraction of sp³-hybridized carbons (Fsp3) is 0.250. The van der Waals surface area contributed by atoms with Gasteiger partial charge in [-0.3, -0.25) is 9.59 Å². The Labute approximate surface area is 162 Å². The summed E-state index contributed by atoms with van der Waals surface area (Å²) in [6, 6.07) is 3.76. The first-order chi connectivity index (χ1) is 13.3. The Morgan fingerprint density at radius 3 is 2.24 bits per heavy atom. The third-order valence-electron chi connectivity index (χ3n) is 3.38. The quantitative estimate of drug-likeness (QED) is 0.440. The number of carbonyl (C=O) groups is 3. The van der Waals surface area contributed by atoms with Crippen molar-refractivity contribution in [2.24, 2.45) is 0 Å². The van der Waals surface area contributed by atoms with Gasteiger partial charge < -0.3 is 5.32 Å². The molecular formula is C16H11F6N2O4S+. The van der Waals surface area contributed by atoms with Crippen LogP contribution in [0, 0.1) is 0 Å². The minimum Gasteiger partial charge on any atom is -0.345 e. The summed E-state index contributed by atoms with van der Waals surface area (Å²) >= 11 is 0.346. The summed E-state index contributed by atoms with van der Waals surface area (Å²) in [6.07, 6.45) is -8.23. The minimum atomic E-state index is -5.20. The fourth-order valence-electron chi connectivity index (χ4n) is 2.01. The van der Waals surface area contributed by atoms with E-state index in [1.807, 2.05) is 0 Å². The average molecular weight is 441 g/mol. The van der Waals surface area contributed by atoms with Crippen LogP contribution in [0.15, 0.2) is 36.7 Å². The number of pyridine rings is 1. The molecule has 0 aliphatic heterocycles. The Bertz CT molecular complexity index is 938. The van der Waals surface area contributed by atoms with Gasteiger partial charge in [0.25, 0.3) is 11.7 Å². The summed E-state index contributed by atoms with van der Waals surface area (Å²) in [6.45, 7) is 1.44. The van der Waals surface area contributed by atoms with Crippen molar-refractivity contribution in [2.45, 2.75) is 25.3 Å². The van der Waals surface area contributed by atoms with Gasteiger partial charge in [0.1, 0.15) is 0 Å². The highest BCUT2D eigenvalue weighted by Gasteiger charge is 2.44. The number of hydrogen-bond donors (Lipinski definition) is 1. The van der Waals surface area contributed by atoms with Crippen molar-refractivity contribution < 1.29 is 50.3 Å². The molecule has 0 radical (unpaired) electrons. The van der Waals surface area contributed by atoms with E-state index in [9.17, 15) is 40.7 Å². The Kier molecular flexibility index (Phi) is 6.30. The van der Waals surface area contributed by atoms with Gasteiger partial charge >= 0.3 is 18.3 Å². The van der Waals surface area contributed by atoms with Gasteiger partial charge in [0.05, 0.1) is 15.8 Å². The zero-order valence-corrected chi connectivity index (χ0v) is 15.1. The van der Waals surface area contributed by atoms with Crippen LogP contribution in [0.4, 0.5) is 26.3 Å². The van der Waals surface area contributed by atoms with Crippen LogP contribution in [-0.2, 0) is 4.79 Å². The molecule has 0 aliphatic rings. The van der Waals surface area contributed by atoms with E-state index in [2.05, 4.69) is 10.2 Å². The normalized spacial score (nSPS) is 12.9. The predicted molar refractivity (Wildman–Crippen MR) is 84.9 cm³/mol. The van der Waals surface area contributed by atoms with Crippen LogP contribution in [0.5, 0.6) is 0 Å². The van der Waals surface area contributed by atoms with Gasteiger partial charge in [0.2, 0.25) is 12.4 Å². The summed E-state index contributed by atoms with van der Waals surface area (Å²) in [4.78, 5) is 37.5. The van der Waals surface area contributed by atoms with Crippen molar-refractivity contribution in [1.82, 2.24) is 5.32 Å². The van der Waals surface area contributed by atoms with Gasteiger partial charge in [-0.1, -0.05) is 0 Å². The largest absolute Gasteiger partial charge is 0.498 e. The lowest BCUT2D eigenvalue weighted by molar-refractivity contribution is -0.871. The van der Waals surface area contributed by atoms with Crippen molar-refractivity contribution in [3.8, 4) is 0 Å². The molecule has 13 heteroatoms. The van der Waals surface area contributed by atoms with E-state index < -0.39 is 40.9 Å². The van der Waals surface area contributed by atoms with Crippen LogP contribution in [0.1, 0.15) is 37.9 Å². The lowest BCUT2D eigenvalue weighted by atomic mass is 10.1. The summed E-state index contributed by atoms with van der Waals surface area (Å²) in [7, 11) is 0. The molecule has 0 bridgehead atoms. The molecule has 0 saturated carbocycles. The van der Waals surface area contributed by atoms with E-state index >= 15 is 0 Å². The number of alkyl halides is 6. The maximum atomic E-state index is 12.4. The number of nitrogens with one attached hydrogen (secondary N) is 1.